The van der Waals surface area contributed by atoms with Crippen molar-refractivity contribution >= 4 is 28.9 Å². The van der Waals surface area contributed by atoms with Crippen molar-refractivity contribution in [2.75, 3.05) is 0 Å². The van der Waals surface area contributed by atoms with Gasteiger partial charge in [0.25, 0.3) is 0 Å². The topological polar surface area (TPSA) is 15.3 Å². The van der Waals surface area contributed by atoms with E-state index in [9.17, 15) is 0 Å². The molecular weight excluding hydrogens is 348 g/mol. The molecule has 0 aromatic heterocycles. The van der Waals surface area contributed by atoms with Crippen LogP contribution in [0.1, 0.15) is 70.3 Å². The van der Waals surface area contributed by atoms with Gasteiger partial charge in [-0.3, -0.25) is 0 Å². The maximum absolute atomic E-state index is 6.06. The predicted octanol–water partition coefficient (Wildman–Crippen LogP) is 5.93. The van der Waals surface area contributed by atoms with Gasteiger partial charge in [-0.1, -0.05) is 62.8 Å². The van der Waals surface area contributed by atoms with Gasteiger partial charge in [-0.25, -0.2) is 0 Å². The fraction of sp³-hybridized carbons (Fsp3) is 0.667. The van der Waals surface area contributed by atoms with E-state index in [0.717, 1.165) is 16.7 Å². The molecule has 2 aliphatic carbocycles. The smallest absolute Gasteiger partial charge is 0.169 e. The number of thiocarbonyl (C=S) groups is 1. The molecule has 4 heteroatoms. The molecule has 1 aromatic carbocycles. The number of benzene rings is 1. The molecule has 0 bridgehead atoms. The van der Waals surface area contributed by atoms with Crippen LogP contribution in [-0.2, 0) is 6.54 Å². The van der Waals surface area contributed by atoms with Crippen LogP contribution in [0.3, 0.4) is 0 Å². The predicted molar refractivity (Wildman–Crippen MR) is 111 cm³/mol. The average Bonchev–Trinajstić information content (AvgIpc) is 2.63. The normalized spacial score (nSPS) is 24.7. The minimum Gasteiger partial charge on any atom is -0.360 e. The zero-order chi connectivity index (χ0) is 17.6. The average molecular weight is 379 g/mol. The van der Waals surface area contributed by atoms with Crippen molar-refractivity contribution in [1.29, 1.82) is 0 Å². The Morgan fingerprint density at radius 2 is 1.68 bits per heavy atom. The van der Waals surface area contributed by atoms with Crippen molar-refractivity contribution in [2.45, 2.75) is 83.3 Å². The summed E-state index contributed by atoms with van der Waals surface area (Å²) < 4.78 is 0. The Bertz CT molecular complexity index is 554. The molecule has 2 nitrogen and oxygen atoms in total. The maximum Gasteiger partial charge on any atom is 0.169 e. The quantitative estimate of drug-likeness (QED) is 0.654. The van der Waals surface area contributed by atoms with Gasteiger partial charge < -0.3 is 10.2 Å². The molecule has 0 spiro atoms. The molecule has 0 heterocycles. The lowest BCUT2D eigenvalue weighted by Gasteiger charge is -2.41. The van der Waals surface area contributed by atoms with Gasteiger partial charge in [0.2, 0.25) is 0 Å². The molecule has 2 atom stereocenters. The Morgan fingerprint density at radius 3 is 2.36 bits per heavy atom. The highest BCUT2D eigenvalue weighted by Gasteiger charge is 2.29. The summed E-state index contributed by atoms with van der Waals surface area (Å²) in [6.07, 6.45) is 11.8. The molecule has 1 aromatic rings. The zero-order valence-electron chi connectivity index (χ0n) is 15.3. The molecule has 2 saturated carbocycles. The van der Waals surface area contributed by atoms with Crippen molar-refractivity contribution in [1.82, 2.24) is 10.2 Å². The molecule has 25 heavy (non-hydrogen) atoms. The van der Waals surface area contributed by atoms with Crippen LogP contribution in [0, 0.1) is 5.92 Å². The molecule has 0 radical (unpaired) electrons. The van der Waals surface area contributed by atoms with Gasteiger partial charge in [-0.05, 0) is 61.5 Å². The first-order chi connectivity index (χ1) is 12.1. The van der Waals surface area contributed by atoms with Crippen molar-refractivity contribution in [3.05, 3.63) is 34.9 Å². The van der Waals surface area contributed by atoms with Crippen molar-refractivity contribution in [3.63, 3.8) is 0 Å². The van der Waals surface area contributed by atoms with E-state index < -0.39 is 0 Å². The third-order valence-electron chi connectivity index (χ3n) is 5.93. The van der Waals surface area contributed by atoms with Crippen LogP contribution in [0.4, 0.5) is 0 Å². The Labute approximate surface area is 163 Å². The molecule has 3 rings (SSSR count). The Balaban J connectivity index is 1.72. The van der Waals surface area contributed by atoms with Gasteiger partial charge >= 0.3 is 0 Å². The van der Waals surface area contributed by atoms with Gasteiger partial charge in [0.1, 0.15) is 0 Å². The van der Waals surface area contributed by atoms with Gasteiger partial charge in [-0.2, -0.15) is 0 Å². The molecule has 138 valence electrons. The minimum atomic E-state index is 0.549. The second-order valence-corrected chi connectivity index (χ2v) is 8.69. The van der Waals surface area contributed by atoms with Crippen LogP contribution >= 0.6 is 23.8 Å². The largest absolute Gasteiger partial charge is 0.360 e. The van der Waals surface area contributed by atoms with Crippen LogP contribution in [0.2, 0.25) is 5.02 Å². The first-order valence-corrected chi connectivity index (χ1v) is 10.7. The van der Waals surface area contributed by atoms with E-state index in [0.29, 0.717) is 18.0 Å². The number of hydrogen-bond acceptors (Lipinski definition) is 1. The lowest BCUT2D eigenvalue weighted by atomic mass is 9.85. The summed E-state index contributed by atoms with van der Waals surface area (Å²) in [6.45, 7) is 3.27. The van der Waals surface area contributed by atoms with Crippen LogP contribution in [0.15, 0.2) is 24.3 Å². The van der Waals surface area contributed by atoms with Crippen LogP contribution in [0.5, 0.6) is 0 Å². The van der Waals surface area contributed by atoms with E-state index in [2.05, 4.69) is 29.3 Å². The van der Waals surface area contributed by atoms with E-state index >= 15 is 0 Å². The summed E-state index contributed by atoms with van der Waals surface area (Å²) in [7, 11) is 0. The standard InChI is InChI=1S/C21H31ClN2S/c1-16-7-5-6-10-20(16)24(15-17-11-13-18(22)14-12-17)21(25)23-19-8-3-2-4-9-19/h11-14,16,19-20H,2-10,15H2,1H3,(H,23,25). The van der Waals surface area contributed by atoms with E-state index in [4.69, 9.17) is 23.8 Å². The maximum atomic E-state index is 6.06. The van der Waals surface area contributed by atoms with E-state index in [1.165, 1.54) is 63.4 Å². The highest BCUT2D eigenvalue weighted by Crippen LogP contribution is 2.30. The third-order valence-corrected chi connectivity index (χ3v) is 6.53. The molecule has 2 aliphatic rings. The second-order valence-electron chi connectivity index (χ2n) is 7.87. The fourth-order valence-electron chi connectivity index (χ4n) is 4.39. The van der Waals surface area contributed by atoms with Gasteiger partial charge in [0.15, 0.2) is 5.11 Å². The van der Waals surface area contributed by atoms with Gasteiger partial charge in [-0.15, -0.1) is 0 Å². The molecule has 0 amide bonds. The fourth-order valence-corrected chi connectivity index (χ4v) is 4.88. The first kappa shape index (κ1) is 19.0. The number of nitrogens with one attached hydrogen (secondary N) is 1. The monoisotopic (exact) mass is 378 g/mol. The molecule has 2 fully saturated rings. The lowest BCUT2D eigenvalue weighted by Crippen LogP contribution is -2.51. The lowest BCUT2D eigenvalue weighted by molar-refractivity contribution is 0.171. The zero-order valence-corrected chi connectivity index (χ0v) is 16.9. The molecule has 0 saturated heterocycles. The van der Waals surface area contributed by atoms with E-state index in [1.807, 2.05) is 12.1 Å². The molecule has 1 N–H and O–H groups in total. The summed E-state index contributed by atoms with van der Waals surface area (Å²) >= 11 is 12.0. The van der Waals surface area contributed by atoms with Crippen molar-refractivity contribution in [3.8, 4) is 0 Å². The molecule has 2 unspecified atom stereocenters. The summed E-state index contributed by atoms with van der Waals surface area (Å²) in [6, 6.07) is 9.34. The van der Waals surface area contributed by atoms with Gasteiger partial charge in [0.05, 0.1) is 0 Å². The van der Waals surface area contributed by atoms with Crippen molar-refractivity contribution < 1.29 is 0 Å². The summed E-state index contributed by atoms with van der Waals surface area (Å²) in [5.41, 5.74) is 1.29. The molecular formula is C21H31ClN2S. The van der Waals surface area contributed by atoms with E-state index in [-0.39, 0.29) is 0 Å². The Morgan fingerprint density at radius 1 is 1.04 bits per heavy atom. The van der Waals surface area contributed by atoms with Gasteiger partial charge in [0, 0.05) is 23.7 Å². The third kappa shape index (κ3) is 5.34. The summed E-state index contributed by atoms with van der Waals surface area (Å²) in [5, 5.41) is 5.45. The van der Waals surface area contributed by atoms with Crippen molar-refractivity contribution in [2.24, 2.45) is 5.92 Å². The van der Waals surface area contributed by atoms with Crippen LogP contribution in [0.25, 0.3) is 0 Å². The number of hydrogen-bond donors (Lipinski definition) is 1. The number of halogens is 1. The minimum absolute atomic E-state index is 0.549. The second kappa shape index (κ2) is 9.23. The number of nitrogens with zero attached hydrogens (tertiary/aromatic N) is 1. The number of rotatable bonds is 4. The summed E-state index contributed by atoms with van der Waals surface area (Å²) in [4.78, 5) is 2.47. The summed E-state index contributed by atoms with van der Waals surface area (Å²) in [5.74, 6) is 0.701. The van der Waals surface area contributed by atoms with Crippen LogP contribution < -0.4 is 5.32 Å². The first-order valence-electron chi connectivity index (χ1n) is 9.95. The SMILES string of the molecule is CC1CCCCC1N(Cc1ccc(Cl)cc1)C(=S)NC1CCCCC1. The Kier molecular flexibility index (Phi) is 7.00. The highest BCUT2D eigenvalue weighted by molar-refractivity contribution is 7.80. The van der Waals surface area contributed by atoms with E-state index in [1.54, 1.807) is 0 Å². The Hall–Kier alpha value is -0.800. The van der Waals surface area contributed by atoms with Crippen LogP contribution in [-0.4, -0.2) is 22.1 Å². The highest BCUT2D eigenvalue weighted by atomic mass is 35.5. The molecule has 0 aliphatic heterocycles.